The third-order valence-corrected chi connectivity index (χ3v) is 4.82. The van der Waals surface area contributed by atoms with Crippen molar-refractivity contribution < 1.29 is 32.7 Å². The van der Waals surface area contributed by atoms with E-state index >= 15 is 0 Å². The highest BCUT2D eigenvalue weighted by atomic mass is 19.4. The summed E-state index contributed by atoms with van der Waals surface area (Å²) in [4.78, 5) is 35.0. The van der Waals surface area contributed by atoms with Crippen LogP contribution in [-0.4, -0.2) is 46.1 Å². The molecule has 0 aliphatic carbocycles. The van der Waals surface area contributed by atoms with E-state index in [0.717, 1.165) is 6.42 Å². The molecule has 0 spiro atoms. The van der Waals surface area contributed by atoms with Crippen LogP contribution in [0, 0.1) is 5.92 Å². The Hall–Kier alpha value is -2.88. The van der Waals surface area contributed by atoms with Gasteiger partial charge < -0.3 is 21.1 Å². The maximum Gasteiger partial charge on any atom is 0.490 e. The monoisotopic (exact) mass is 443 g/mol. The van der Waals surface area contributed by atoms with Crippen LogP contribution in [-0.2, 0) is 27.5 Å². The molecule has 0 fully saturated rings. The molecule has 2 amide bonds. The number of carboxylic acid groups (broad SMARTS) is 1. The smallest absolute Gasteiger partial charge is 0.475 e. The van der Waals surface area contributed by atoms with E-state index in [4.69, 9.17) is 15.6 Å². The highest BCUT2D eigenvalue weighted by Gasteiger charge is 2.38. The lowest BCUT2D eigenvalue weighted by Crippen LogP contribution is -2.45. The van der Waals surface area contributed by atoms with Crippen molar-refractivity contribution in [3.63, 3.8) is 0 Å². The first-order valence-corrected chi connectivity index (χ1v) is 9.76. The van der Waals surface area contributed by atoms with Crippen molar-refractivity contribution in [2.24, 2.45) is 11.7 Å². The Morgan fingerprint density at radius 1 is 1.19 bits per heavy atom. The molecule has 0 saturated heterocycles. The lowest BCUT2D eigenvalue weighted by atomic mass is 9.98. The number of carbonyl (C=O) groups excluding carboxylic acids is 2. The standard InChI is InChI=1S/C19H27N3O2.C2HF3O2/c1-4-13(2)17(21-19(24)14(3)20)9-10-18(23)22-11-15-7-5-6-8-16(15)12-22;3-2(4,5)1(6)7/h5-10,13-14,17H,4,11-12,20H2,1-3H3,(H,21,24);(H,6,7)/b10-9+;/t13-,14-,17+;/m0./s1. The van der Waals surface area contributed by atoms with Gasteiger partial charge in [0.15, 0.2) is 0 Å². The molecule has 4 N–H and O–H groups in total. The van der Waals surface area contributed by atoms with Crippen molar-refractivity contribution in [3.05, 3.63) is 47.5 Å². The summed E-state index contributed by atoms with van der Waals surface area (Å²) in [5.74, 6) is -2.76. The second kappa shape index (κ2) is 11.5. The number of amides is 2. The molecule has 31 heavy (non-hydrogen) atoms. The molecule has 0 aromatic heterocycles. The van der Waals surface area contributed by atoms with E-state index in [1.807, 2.05) is 24.0 Å². The minimum atomic E-state index is -5.08. The predicted molar refractivity (Wildman–Crippen MR) is 109 cm³/mol. The van der Waals surface area contributed by atoms with E-state index in [-0.39, 0.29) is 23.8 Å². The highest BCUT2D eigenvalue weighted by Crippen LogP contribution is 2.22. The molecule has 1 aromatic rings. The van der Waals surface area contributed by atoms with E-state index in [9.17, 15) is 22.8 Å². The number of nitrogens with zero attached hydrogens (tertiary/aromatic N) is 1. The van der Waals surface area contributed by atoms with Gasteiger partial charge in [-0.1, -0.05) is 50.6 Å². The number of aliphatic carboxylic acids is 1. The van der Waals surface area contributed by atoms with Crippen LogP contribution in [0.2, 0.25) is 0 Å². The fraction of sp³-hybridized carbons (Fsp3) is 0.476. The number of benzene rings is 1. The first-order chi connectivity index (χ1) is 14.4. The number of nitrogens with one attached hydrogen (secondary N) is 1. The number of rotatable bonds is 6. The number of fused-ring (bicyclic) bond motifs is 1. The zero-order valence-electron chi connectivity index (χ0n) is 17.6. The molecule has 7 nitrogen and oxygen atoms in total. The molecule has 1 aliphatic heterocycles. The van der Waals surface area contributed by atoms with Crippen molar-refractivity contribution in [2.75, 3.05) is 0 Å². The molecule has 10 heteroatoms. The molecular weight excluding hydrogens is 415 g/mol. The van der Waals surface area contributed by atoms with E-state index < -0.39 is 18.2 Å². The van der Waals surface area contributed by atoms with Gasteiger partial charge in [0.05, 0.1) is 12.1 Å². The zero-order valence-corrected chi connectivity index (χ0v) is 17.6. The Morgan fingerprint density at radius 2 is 1.68 bits per heavy atom. The second-order valence-corrected chi connectivity index (χ2v) is 7.33. The molecule has 172 valence electrons. The van der Waals surface area contributed by atoms with Crippen molar-refractivity contribution in [1.82, 2.24) is 10.2 Å². The van der Waals surface area contributed by atoms with Gasteiger partial charge in [-0.15, -0.1) is 0 Å². The van der Waals surface area contributed by atoms with Gasteiger partial charge in [-0.05, 0) is 24.0 Å². The van der Waals surface area contributed by atoms with Crippen LogP contribution in [0.25, 0.3) is 0 Å². The first-order valence-electron chi connectivity index (χ1n) is 9.76. The fourth-order valence-corrected chi connectivity index (χ4v) is 2.71. The third kappa shape index (κ3) is 8.41. The van der Waals surface area contributed by atoms with Crippen LogP contribution < -0.4 is 11.1 Å². The molecule has 2 rings (SSSR count). The number of carbonyl (C=O) groups is 3. The molecule has 0 unspecified atom stereocenters. The normalized spacial score (nSPS) is 16.0. The largest absolute Gasteiger partial charge is 0.490 e. The average Bonchev–Trinajstić information content (AvgIpc) is 3.14. The number of halogens is 3. The lowest BCUT2D eigenvalue weighted by Gasteiger charge is -2.22. The molecule has 0 radical (unpaired) electrons. The third-order valence-electron chi connectivity index (χ3n) is 4.82. The van der Waals surface area contributed by atoms with Crippen LogP contribution in [0.1, 0.15) is 38.3 Å². The summed E-state index contributed by atoms with van der Waals surface area (Å²) < 4.78 is 31.7. The molecule has 0 saturated carbocycles. The summed E-state index contributed by atoms with van der Waals surface area (Å²) >= 11 is 0. The van der Waals surface area contributed by atoms with Gasteiger partial charge in [0.1, 0.15) is 0 Å². The van der Waals surface area contributed by atoms with Crippen LogP contribution in [0.3, 0.4) is 0 Å². The van der Waals surface area contributed by atoms with E-state index in [1.165, 1.54) is 11.1 Å². The van der Waals surface area contributed by atoms with Crippen LogP contribution in [0.4, 0.5) is 13.2 Å². The number of carboxylic acids is 1. The Labute approximate surface area is 179 Å². The SMILES string of the molecule is CC[C@H](C)[C@@H](/C=C/C(=O)N1Cc2ccccc2C1)NC(=O)[C@H](C)N.O=C(O)C(F)(F)F. The second-order valence-electron chi connectivity index (χ2n) is 7.33. The highest BCUT2D eigenvalue weighted by molar-refractivity contribution is 5.88. The van der Waals surface area contributed by atoms with Crippen LogP contribution >= 0.6 is 0 Å². The molecule has 1 aliphatic rings. The van der Waals surface area contributed by atoms with Crippen molar-refractivity contribution >= 4 is 17.8 Å². The maximum absolute atomic E-state index is 12.5. The summed E-state index contributed by atoms with van der Waals surface area (Å²) in [6.07, 6.45) is -0.818. The number of hydrogen-bond acceptors (Lipinski definition) is 4. The van der Waals surface area contributed by atoms with Crippen molar-refractivity contribution in [1.29, 1.82) is 0 Å². The van der Waals surface area contributed by atoms with Crippen molar-refractivity contribution in [3.8, 4) is 0 Å². The van der Waals surface area contributed by atoms with Gasteiger partial charge in [0.25, 0.3) is 0 Å². The topological polar surface area (TPSA) is 113 Å². The van der Waals surface area contributed by atoms with Gasteiger partial charge in [0, 0.05) is 19.2 Å². The summed E-state index contributed by atoms with van der Waals surface area (Å²) in [7, 11) is 0. The minimum Gasteiger partial charge on any atom is -0.475 e. The van der Waals surface area contributed by atoms with E-state index in [0.29, 0.717) is 13.1 Å². The Morgan fingerprint density at radius 3 is 2.06 bits per heavy atom. The number of alkyl halides is 3. The predicted octanol–water partition coefficient (Wildman–Crippen LogP) is 2.60. The first kappa shape index (κ1) is 26.2. The molecule has 1 aromatic carbocycles. The average molecular weight is 443 g/mol. The maximum atomic E-state index is 12.5. The van der Waals surface area contributed by atoms with E-state index in [2.05, 4.69) is 24.4 Å². The van der Waals surface area contributed by atoms with E-state index in [1.54, 1.807) is 19.1 Å². The van der Waals surface area contributed by atoms with Crippen LogP contribution in [0.15, 0.2) is 36.4 Å². The summed E-state index contributed by atoms with van der Waals surface area (Å²) in [5.41, 5.74) is 8.01. The summed E-state index contributed by atoms with van der Waals surface area (Å²) in [6, 6.07) is 7.33. The quantitative estimate of drug-likeness (QED) is 0.585. The van der Waals surface area contributed by atoms with Crippen LogP contribution in [0.5, 0.6) is 0 Å². The Kier molecular flexibility index (Phi) is 9.70. The summed E-state index contributed by atoms with van der Waals surface area (Å²) in [5, 5.41) is 10.0. The summed E-state index contributed by atoms with van der Waals surface area (Å²) in [6.45, 7) is 7.04. The Bertz CT molecular complexity index is 784. The molecule has 3 atom stereocenters. The lowest BCUT2D eigenvalue weighted by molar-refractivity contribution is -0.192. The fourth-order valence-electron chi connectivity index (χ4n) is 2.71. The zero-order chi connectivity index (χ0) is 23.8. The number of nitrogens with two attached hydrogens (primary N) is 1. The molecule has 1 heterocycles. The van der Waals surface area contributed by atoms with Gasteiger partial charge >= 0.3 is 12.1 Å². The Balaban J connectivity index is 0.000000592. The van der Waals surface area contributed by atoms with Gasteiger partial charge in [-0.25, -0.2) is 4.79 Å². The molecule has 0 bridgehead atoms. The van der Waals surface area contributed by atoms with Gasteiger partial charge in [-0.3, -0.25) is 9.59 Å². The van der Waals surface area contributed by atoms with Gasteiger partial charge in [0.2, 0.25) is 11.8 Å². The van der Waals surface area contributed by atoms with Crippen molar-refractivity contribution in [2.45, 2.75) is 58.5 Å². The van der Waals surface area contributed by atoms with Gasteiger partial charge in [-0.2, -0.15) is 13.2 Å². The number of hydrogen-bond donors (Lipinski definition) is 3. The minimum absolute atomic E-state index is 0.0328. The molecular formula is C21H28F3N3O4.